The van der Waals surface area contributed by atoms with Crippen LogP contribution in [0.5, 0.6) is 0 Å². The summed E-state index contributed by atoms with van der Waals surface area (Å²) >= 11 is 3.08. The van der Waals surface area contributed by atoms with E-state index in [1.807, 2.05) is 50.4 Å². The first-order valence-electron chi connectivity index (χ1n) is 10.3. The summed E-state index contributed by atoms with van der Waals surface area (Å²) in [6.07, 6.45) is 0.727. The molecule has 0 aliphatic rings. The molecule has 0 spiro atoms. The normalized spacial score (nSPS) is 12.2. The highest BCUT2D eigenvalue weighted by Gasteiger charge is 2.22. The highest BCUT2D eigenvalue weighted by Crippen LogP contribution is 2.29. The van der Waals surface area contributed by atoms with Crippen molar-refractivity contribution in [2.45, 2.75) is 38.0 Å². The molecule has 1 amide bonds. The van der Waals surface area contributed by atoms with Crippen molar-refractivity contribution in [1.29, 1.82) is 0 Å². The molecule has 0 bridgehead atoms. The average Bonchev–Trinajstić information content (AvgIpc) is 3.40. The molecule has 4 aromatic rings. The number of hydrogen-bond donors (Lipinski definition) is 0. The summed E-state index contributed by atoms with van der Waals surface area (Å²) in [6.45, 7) is 4.86. The van der Waals surface area contributed by atoms with Crippen molar-refractivity contribution >= 4 is 39.2 Å². The van der Waals surface area contributed by atoms with Crippen LogP contribution in [0.4, 0.5) is 0 Å². The minimum absolute atomic E-state index is 0.0482. The summed E-state index contributed by atoms with van der Waals surface area (Å²) in [7, 11) is 1.84. The third-order valence-corrected chi connectivity index (χ3v) is 7.44. The minimum Gasteiger partial charge on any atom is -0.336 e. The summed E-state index contributed by atoms with van der Waals surface area (Å²) in [6, 6.07) is 18.2. The van der Waals surface area contributed by atoms with Gasteiger partial charge in [0.15, 0.2) is 5.16 Å². The Kier molecular flexibility index (Phi) is 6.67. The van der Waals surface area contributed by atoms with E-state index < -0.39 is 0 Å². The molecule has 1 unspecified atom stereocenters. The van der Waals surface area contributed by atoms with Crippen LogP contribution in [0.1, 0.15) is 36.3 Å². The van der Waals surface area contributed by atoms with Crippen LogP contribution in [0.3, 0.4) is 0 Å². The van der Waals surface area contributed by atoms with Gasteiger partial charge in [-0.1, -0.05) is 54.2 Å². The van der Waals surface area contributed by atoms with E-state index in [0.717, 1.165) is 39.2 Å². The van der Waals surface area contributed by atoms with Gasteiger partial charge in [0.2, 0.25) is 5.91 Å². The van der Waals surface area contributed by atoms with E-state index in [1.165, 1.54) is 17.3 Å². The standard InChI is InChI=1S/C23H25N5OS2/c1-4-28-20(14-17-10-6-5-7-11-17)25-26-23(28)30-15-21(29)27(3)16(2)22-24-18-12-8-9-13-19(18)31-22/h5-13,16H,4,14-15H2,1-3H3. The first kappa shape index (κ1) is 21.5. The summed E-state index contributed by atoms with van der Waals surface area (Å²) in [4.78, 5) is 19.3. The van der Waals surface area contributed by atoms with Crippen molar-refractivity contribution in [3.05, 3.63) is 71.0 Å². The summed E-state index contributed by atoms with van der Waals surface area (Å²) in [5, 5.41) is 10.4. The molecule has 1 atom stereocenters. The largest absolute Gasteiger partial charge is 0.336 e. The van der Waals surface area contributed by atoms with Crippen LogP contribution in [-0.2, 0) is 17.8 Å². The number of hydrogen-bond acceptors (Lipinski definition) is 6. The number of carbonyl (C=O) groups is 1. The number of carbonyl (C=O) groups excluding carboxylic acids is 1. The van der Waals surface area contributed by atoms with Crippen LogP contribution in [0, 0.1) is 0 Å². The monoisotopic (exact) mass is 451 g/mol. The van der Waals surface area contributed by atoms with Crippen molar-refractivity contribution in [2.24, 2.45) is 0 Å². The Bertz CT molecular complexity index is 1140. The topological polar surface area (TPSA) is 63.9 Å². The molecule has 0 saturated heterocycles. The van der Waals surface area contributed by atoms with Gasteiger partial charge in [-0.2, -0.15) is 0 Å². The fourth-order valence-electron chi connectivity index (χ4n) is 3.33. The van der Waals surface area contributed by atoms with Crippen LogP contribution in [0.15, 0.2) is 59.8 Å². The molecule has 0 fully saturated rings. The quantitative estimate of drug-likeness (QED) is 0.360. The molecular formula is C23H25N5OS2. The van der Waals surface area contributed by atoms with Gasteiger partial charge >= 0.3 is 0 Å². The molecule has 6 nitrogen and oxygen atoms in total. The summed E-state index contributed by atoms with van der Waals surface area (Å²) in [5.41, 5.74) is 2.17. The number of amides is 1. The van der Waals surface area contributed by atoms with Gasteiger partial charge in [0, 0.05) is 20.0 Å². The van der Waals surface area contributed by atoms with Gasteiger partial charge < -0.3 is 9.47 Å². The molecule has 4 rings (SSSR count). The van der Waals surface area contributed by atoms with Crippen LogP contribution in [0.25, 0.3) is 10.2 Å². The number of thioether (sulfide) groups is 1. The van der Waals surface area contributed by atoms with Crippen LogP contribution in [-0.4, -0.2) is 43.4 Å². The van der Waals surface area contributed by atoms with Crippen LogP contribution >= 0.6 is 23.1 Å². The first-order chi connectivity index (χ1) is 15.1. The number of aromatic nitrogens is 4. The van der Waals surface area contributed by atoms with Crippen LogP contribution in [0.2, 0.25) is 0 Å². The average molecular weight is 452 g/mol. The number of rotatable bonds is 8. The lowest BCUT2D eigenvalue weighted by atomic mass is 10.1. The van der Waals surface area contributed by atoms with Gasteiger partial charge in [-0.05, 0) is 31.5 Å². The van der Waals surface area contributed by atoms with Gasteiger partial charge in [-0.25, -0.2) is 4.98 Å². The highest BCUT2D eigenvalue weighted by atomic mass is 32.2. The molecule has 8 heteroatoms. The zero-order chi connectivity index (χ0) is 21.8. The van der Waals surface area contributed by atoms with E-state index in [1.54, 1.807) is 16.2 Å². The third kappa shape index (κ3) is 4.80. The van der Waals surface area contributed by atoms with E-state index in [4.69, 9.17) is 4.98 Å². The molecule has 160 valence electrons. The second-order valence-electron chi connectivity index (χ2n) is 7.29. The van der Waals surface area contributed by atoms with Crippen molar-refractivity contribution in [3.8, 4) is 0 Å². The molecule has 2 aromatic carbocycles. The van der Waals surface area contributed by atoms with E-state index in [9.17, 15) is 4.79 Å². The zero-order valence-electron chi connectivity index (χ0n) is 17.9. The maximum Gasteiger partial charge on any atom is 0.233 e. The lowest BCUT2D eigenvalue weighted by Crippen LogP contribution is -2.31. The molecule has 0 N–H and O–H groups in total. The summed E-state index contributed by atoms with van der Waals surface area (Å²) in [5.74, 6) is 1.28. The second-order valence-corrected chi connectivity index (χ2v) is 9.30. The number of para-hydroxylation sites is 1. The van der Waals surface area contributed by atoms with Gasteiger partial charge in [-0.15, -0.1) is 21.5 Å². The Labute approximate surface area is 190 Å². The predicted octanol–water partition coefficient (Wildman–Crippen LogP) is 4.81. The lowest BCUT2D eigenvalue weighted by molar-refractivity contribution is -0.128. The number of nitrogens with zero attached hydrogens (tertiary/aromatic N) is 5. The molecule has 31 heavy (non-hydrogen) atoms. The van der Waals surface area contributed by atoms with E-state index in [0.29, 0.717) is 5.75 Å². The second kappa shape index (κ2) is 9.62. The van der Waals surface area contributed by atoms with Gasteiger partial charge in [0.05, 0.1) is 22.0 Å². The van der Waals surface area contributed by atoms with Gasteiger partial charge in [-0.3, -0.25) is 4.79 Å². The van der Waals surface area contributed by atoms with E-state index >= 15 is 0 Å². The van der Waals surface area contributed by atoms with Crippen molar-refractivity contribution < 1.29 is 4.79 Å². The van der Waals surface area contributed by atoms with Gasteiger partial charge in [0.1, 0.15) is 10.8 Å². The summed E-state index contributed by atoms with van der Waals surface area (Å²) < 4.78 is 3.23. The Morgan fingerprint density at radius 2 is 1.87 bits per heavy atom. The Morgan fingerprint density at radius 3 is 2.61 bits per heavy atom. The molecule has 0 aliphatic heterocycles. The highest BCUT2D eigenvalue weighted by molar-refractivity contribution is 7.99. The third-order valence-electron chi connectivity index (χ3n) is 5.28. The van der Waals surface area contributed by atoms with E-state index in [2.05, 4.69) is 39.9 Å². The van der Waals surface area contributed by atoms with E-state index in [-0.39, 0.29) is 11.9 Å². The SMILES string of the molecule is CCn1c(Cc2ccccc2)nnc1SCC(=O)N(C)C(C)c1nc2ccccc2s1. The molecule has 2 heterocycles. The van der Waals surface area contributed by atoms with Crippen LogP contribution < -0.4 is 0 Å². The fraction of sp³-hybridized carbons (Fsp3) is 0.304. The van der Waals surface area contributed by atoms with Crippen molar-refractivity contribution in [1.82, 2.24) is 24.6 Å². The zero-order valence-corrected chi connectivity index (χ0v) is 19.5. The lowest BCUT2D eigenvalue weighted by Gasteiger charge is -2.23. The Morgan fingerprint density at radius 1 is 1.13 bits per heavy atom. The predicted molar refractivity (Wildman–Crippen MR) is 126 cm³/mol. The number of benzene rings is 2. The molecular weight excluding hydrogens is 426 g/mol. The number of fused-ring (bicyclic) bond motifs is 1. The maximum atomic E-state index is 12.9. The molecule has 2 aromatic heterocycles. The fourth-order valence-corrected chi connectivity index (χ4v) is 5.34. The Hall–Kier alpha value is -2.71. The molecule has 0 radical (unpaired) electrons. The van der Waals surface area contributed by atoms with Gasteiger partial charge in [0.25, 0.3) is 0 Å². The molecule has 0 aliphatic carbocycles. The smallest absolute Gasteiger partial charge is 0.233 e. The van der Waals surface area contributed by atoms with Crippen molar-refractivity contribution in [2.75, 3.05) is 12.8 Å². The minimum atomic E-state index is -0.0804. The number of thiazole rings is 1. The first-order valence-corrected chi connectivity index (χ1v) is 12.1. The van der Waals surface area contributed by atoms with Crippen molar-refractivity contribution in [3.63, 3.8) is 0 Å². The Balaban J connectivity index is 1.40. The maximum absolute atomic E-state index is 12.9. The molecule has 0 saturated carbocycles.